The molecule has 0 aromatic rings. The molecule has 0 aromatic carbocycles. The first-order valence-electron chi connectivity index (χ1n) is 6.76. The standard InChI is InChI=1S/C14H26O8/c1-7(15)10(18)11(4,19)12(5,20)13(6,21)14(22,8(2)16)9(3)17/h8,10,16,18-22H,1-6H3/t8?,10?,11-,12-,13+,14+/m1/s1. The second kappa shape index (κ2) is 5.95. The van der Waals surface area contributed by atoms with Gasteiger partial charge in [-0.1, -0.05) is 0 Å². The van der Waals surface area contributed by atoms with Crippen LogP contribution in [0, 0.1) is 0 Å². The van der Waals surface area contributed by atoms with Crippen molar-refractivity contribution >= 4 is 11.6 Å². The quantitative estimate of drug-likeness (QED) is 0.311. The third kappa shape index (κ3) is 2.70. The molecular formula is C14H26O8. The first-order valence-corrected chi connectivity index (χ1v) is 6.76. The van der Waals surface area contributed by atoms with E-state index in [1.54, 1.807) is 0 Å². The van der Waals surface area contributed by atoms with Crippen molar-refractivity contribution in [3.8, 4) is 0 Å². The molecule has 8 nitrogen and oxygen atoms in total. The Bertz CT molecular complexity index is 452. The average Bonchev–Trinajstić information content (AvgIpc) is 2.34. The molecule has 0 amide bonds. The molecule has 8 heteroatoms. The maximum atomic E-state index is 11.7. The highest BCUT2D eigenvalue weighted by Crippen LogP contribution is 2.43. The molecule has 130 valence electrons. The lowest BCUT2D eigenvalue weighted by atomic mass is 9.61. The van der Waals surface area contributed by atoms with Crippen molar-refractivity contribution in [2.75, 3.05) is 0 Å². The fourth-order valence-electron chi connectivity index (χ4n) is 2.57. The Morgan fingerprint density at radius 3 is 1.45 bits per heavy atom. The van der Waals surface area contributed by atoms with E-state index >= 15 is 0 Å². The minimum atomic E-state index is -2.85. The van der Waals surface area contributed by atoms with Crippen LogP contribution < -0.4 is 0 Å². The molecule has 0 heterocycles. The van der Waals surface area contributed by atoms with E-state index in [0.717, 1.165) is 41.5 Å². The lowest BCUT2D eigenvalue weighted by molar-refractivity contribution is -0.302. The van der Waals surface area contributed by atoms with E-state index in [2.05, 4.69) is 0 Å². The maximum Gasteiger partial charge on any atom is 0.179 e. The van der Waals surface area contributed by atoms with Gasteiger partial charge in [0.15, 0.2) is 17.2 Å². The van der Waals surface area contributed by atoms with E-state index in [9.17, 15) is 40.2 Å². The molecule has 0 rings (SSSR count). The number of Topliss-reactive ketones (excluding diaryl/α,β-unsaturated/α-hetero) is 2. The monoisotopic (exact) mass is 322 g/mol. The second-order valence-corrected chi connectivity index (χ2v) is 6.30. The van der Waals surface area contributed by atoms with Gasteiger partial charge in [-0.3, -0.25) is 9.59 Å². The summed E-state index contributed by atoms with van der Waals surface area (Å²) in [4.78, 5) is 23.0. The summed E-state index contributed by atoms with van der Waals surface area (Å²) < 4.78 is 0. The van der Waals surface area contributed by atoms with Gasteiger partial charge < -0.3 is 30.6 Å². The van der Waals surface area contributed by atoms with Crippen LogP contribution in [0.25, 0.3) is 0 Å². The zero-order valence-corrected chi connectivity index (χ0v) is 13.7. The SMILES string of the molecule is CC(=O)C(O)[C@@](C)(O)[C@@](C)(O)[C@](C)(O)[C@@](O)(C(C)=O)C(C)O. The van der Waals surface area contributed by atoms with Gasteiger partial charge in [0, 0.05) is 0 Å². The zero-order chi connectivity index (χ0) is 18.3. The molecule has 2 unspecified atom stereocenters. The van der Waals surface area contributed by atoms with Crippen LogP contribution in [0.5, 0.6) is 0 Å². The fraction of sp³-hybridized carbons (Fsp3) is 0.857. The number of rotatable bonds is 7. The summed E-state index contributed by atoms with van der Waals surface area (Å²) in [6.45, 7) is 5.39. The van der Waals surface area contributed by atoms with E-state index in [-0.39, 0.29) is 0 Å². The van der Waals surface area contributed by atoms with Gasteiger partial charge in [0.05, 0.1) is 6.10 Å². The molecule has 0 radical (unpaired) electrons. The van der Waals surface area contributed by atoms with Gasteiger partial charge in [0.1, 0.15) is 22.9 Å². The topological polar surface area (TPSA) is 156 Å². The predicted octanol–water partition coefficient (Wildman–Crippen LogP) is -2.11. The molecule has 0 aliphatic carbocycles. The number of carbonyl (C=O) groups is 2. The molecule has 0 saturated heterocycles. The van der Waals surface area contributed by atoms with Crippen LogP contribution in [0.4, 0.5) is 0 Å². The van der Waals surface area contributed by atoms with Crippen molar-refractivity contribution in [3.63, 3.8) is 0 Å². The lowest BCUT2D eigenvalue weighted by Gasteiger charge is -2.54. The fourth-order valence-corrected chi connectivity index (χ4v) is 2.57. The minimum Gasteiger partial charge on any atom is -0.390 e. The van der Waals surface area contributed by atoms with Crippen molar-refractivity contribution in [1.29, 1.82) is 0 Å². The van der Waals surface area contributed by atoms with Gasteiger partial charge in [-0.15, -0.1) is 0 Å². The molecule has 0 saturated carbocycles. The zero-order valence-electron chi connectivity index (χ0n) is 13.7. The van der Waals surface area contributed by atoms with Crippen LogP contribution in [0.2, 0.25) is 0 Å². The van der Waals surface area contributed by atoms with Crippen molar-refractivity contribution < 1.29 is 40.2 Å². The van der Waals surface area contributed by atoms with Gasteiger partial charge >= 0.3 is 0 Å². The number of aliphatic hydroxyl groups excluding tert-OH is 2. The van der Waals surface area contributed by atoms with Gasteiger partial charge in [0.2, 0.25) is 0 Å². The van der Waals surface area contributed by atoms with E-state index < -0.39 is 46.2 Å². The predicted molar refractivity (Wildman–Crippen MR) is 75.9 cm³/mol. The van der Waals surface area contributed by atoms with Crippen molar-refractivity contribution in [1.82, 2.24) is 0 Å². The summed E-state index contributed by atoms with van der Waals surface area (Å²) in [5.41, 5.74) is -11.0. The molecule has 0 aliphatic rings. The summed E-state index contributed by atoms with van der Waals surface area (Å²) >= 11 is 0. The van der Waals surface area contributed by atoms with Crippen molar-refractivity contribution in [2.24, 2.45) is 0 Å². The Labute approximate surface area is 129 Å². The highest BCUT2D eigenvalue weighted by molar-refractivity contribution is 5.87. The van der Waals surface area contributed by atoms with Crippen LogP contribution in [0.15, 0.2) is 0 Å². The Kier molecular flexibility index (Phi) is 5.71. The molecule has 0 bridgehead atoms. The Hall–Kier alpha value is -0.900. The summed E-state index contributed by atoms with van der Waals surface area (Å²) in [5.74, 6) is -1.97. The van der Waals surface area contributed by atoms with Crippen LogP contribution in [-0.4, -0.2) is 76.8 Å². The Morgan fingerprint density at radius 2 is 1.23 bits per heavy atom. The van der Waals surface area contributed by atoms with Crippen LogP contribution in [-0.2, 0) is 9.59 Å². The number of hydrogen-bond acceptors (Lipinski definition) is 8. The molecule has 22 heavy (non-hydrogen) atoms. The number of hydrogen-bond donors (Lipinski definition) is 6. The summed E-state index contributed by atoms with van der Waals surface area (Å²) in [7, 11) is 0. The van der Waals surface area contributed by atoms with Crippen molar-refractivity contribution in [2.45, 2.75) is 76.2 Å². The second-order valence-electron chi connectivity index (χ2n) is 6.30. The van der Waals surface area contributed by atoms with Crippen molar-refractivity contribution in [3.05, 3.63) is 0 Å². The molecular weight excluding hydrogens is 296 g/mol. The molecule has 6 N–H and O–H groups in total. The smallest absolute Gasteiger partial charge is 0.179 e. The molecule has 0 aromatic heterocycles. The lowest BCUT2D eigenvalue weighted by Crippen LogP contribution is -2.79. The number of carbonyl (C=O) groups excluding carboxylic acids is 2. The third-order valence-electron chi connectivity index (χ3n) is 4.73. The van der Waals surface area contributed by atoms with Gasteiger partial charge in [-0.2, -0.15) is 0 Å². The molecule has 0 fully saturated rings. The van der Waals surface area contributed by atoms with E-state index in [1.165, 1.54) is 0 Å². The van der Waals surface area contributed by atoms with Crippen LogP contribution in [0.1, 0.15) is 41.5 Å². The van der Waals surface area contributed by atoms with E-state index in [0.29, 0.717) is 0 Å². The van der Waals surface area contributed by atoms with E-state index in [1.807, 2.05) is 0 Å². The normalized spacial score (nSPS) is 25.8. The summed E-state index contributed by atoms with van der Waals surface area (Å²) in [6, 6.07) is 0. The summed E-state index contributed by atoms with van der Waals surface area (Å²) in [5, 5.41) is 61.5. The largest absolute Gasteiger partial charge is 0.390 e. The minimum absolute atomic E-state index is 0.822. The Balaban J connectivity index is 6.27. The van der Waals surface area contributed by atoms with Gasteiger partial charge in [-0.25, -0.2) is 0 Å². The third-order valence-corrected chi connectivity index (χ3v) is 4.73. The average molecular weight is 322 g/mol. The van der Waals surface area contributed by atoms with Crippen LogP contribution >= 0.6 is 0 Å². The van der Waals surface area contributed by atoms with E-state index in [4.69, 9.17) is 0 Å². The Morgan fingerprint density at radius 1 is 0.864 bits per heavy atom. The molecule has 0 spiro atoms. The van der Waals surface area contributed by atoms with Gasteiger partial charge in [0.25, 0.3) is 0 Å². The first-order chi connectivity index (χ1) is 9.49. The highest BCUT2D eigenvalue weighted by Gasteiger charge is 2.68. The molecule has 6 atom stereocenters. The summed E-state index contributed by atoms with van der Waals surface area (Å²) in [6.07, 6.45) is -3.91. The maximum absolute atomic E-state index is 11.7. The molecule has 0 aliphatic heterocycles. The van der Waals surface area contributed by atoms with Crippen LogP contribution in [0.3, 0.4) is 0 Å². The number of aliphatic hydroxyl groups is 6. The first kappa shape index (κ1) is 21.1. The number of ketones is 2. The van der Waals surface area contributed by atoms with Gasteiger partial charge in [-0.05, 0) is 41.5 Å². The highest BCUT2D eigenvalue weighted by atomic mass is 16.4.